The first-order chi connectivity index (χ1) is 15.6. The molecule has 0 saturated heterocycles. The molecule has 0 aliphatic carbocycles. The lowest BCUT2D eigenvalue weighted by Crippen LogP contribution is -2.20. The minimum absolute atomic E-state index is 0.143. The van der Waals surface area contributed by atoms with Gasteiger partial charge in [-0.1, -0.05) is 54.1 Å². The Hall–Kier alpha value is -3.29. The molecule has 0 aromatic heterocycles. The Kier molecular flexibility index (Phi) is 9.16. The van der Waals surface area contributed by atoms with Crippen LogP contribution in [0.5, 0.6) is 5.75 Å². The highest BCUT2D eigenvalue weighted by Crippen LogP contribution is 2.20. The van der Waals surface area contributed by atoms with Gasteiger partial charge in [-0.15, -0.1) is 11.8 Å². The van der Waals surface area contributed by atoms with E-state index in [1.54, 1.807) is 54.7 Å². The van der Waals surface area contributed by atoms with E-state index in [0.29, 0.717) is 22.2 Å². The molecule has 164 valence electrons. The first-order valence-corrected chi connectivity index (χ1v) is 11.3. The minimum atomic E-state index is -0.309. The predicted molar refractivity (Wildman–Crippen MR) is 130 cm³/mol. The number of halogens is 1. The second-order valence-corrected chi connectivity index (χ2v) is 8.05. The van der Waals surface area contributed by atoms with Crippen molar-refractivity contribution in [1.29, 1.82) is 0 Å². The van der Waals surface area contributed by atoms with Crippen LogP contribution >= 0.6 is 23.4 Å². The van der Waals surface area contributed by atoms with E-state index in [1.807, 2.05) is 30.3 Å². The smallest absolute Gasteiger partial charge is 0.262 e. The van der Waals surface area contributed by atoms with Gasteiger partial charge in [0.25, 0.3) is 5.91 Å². The molecule has 3 aromatic rings. The fraction of sp³-hybridized carbons (Fsp3) is 0.125. The maximum atomic E-state index is 12.0. The number of hydrogen-bond donors (Lipinski definition) is 2. The maximum Gasteiger partial charge on any atom is 0.262 e. The van der Waals surface area contributed by atoms with Crippen LogP contribution < -0.4 is 15.5 Å². The van der Waals surface area contributed by atoms with E-state index in [-0.39, 0.29) is 18.4 Å². The fourth-order valence-corrected chi connectivity index (χ4v) is 3.56. The summed E-state index contributed by atoms with van der Waals surface area (Å²) in [6.07, 6.45) is 1.55. The molecular weight excluding hydrogens is 446 g/mol. The van der Waals surface area contributed by atoms with Crippen molar-refractivity contribution in [2.75, 3.05) is 17.7 Å². The summed E-state index contributed by atoms with van der Waals surface area (Å²) in [5.74, 6) is 1.17. The number of nitrogens with zero attached hydrogens (tertiary/aromatic N) is 1. The van der Waals surface area contributed by atoms with Crippen LogP contribution in [0, 0.1) is 0 Å². The van der Waals surface area contributed by atoms with Crippen molar-refractivity contribution in [3.63, 3.8) is 0 Å². The van der Waals surface area contributed by atoms with Gasteiger partial charge in [-0.2, -0.15) is 5.10 Å². The lowest BCUT2D eigenvalue weighted by molar-refractivity contribution is -0.119. The number of benzene rings is 3. The number of hydrogen-bond acceptors (Lipinski definition) is 5. The van der Waals surface area contributed by atoms with Crippen molar-refractivity contribution in [3.8, 4) is 5.75 Å². The van der Waals surface area contributed by atoms with Gasteiger partial charge in [0.2, 0.25) is 5.91 Å². The zero-order valence-electron chi connectivity index (χ0n) is 17.2. The Morgan fingerprint density at radius 2 is 1.66 bits per heavy atom. The van der Waals surface area contributed by atoms with Crippen LogP contribution in [0.1, 0.15) is 11.1 Å². The Labute approximate surface area is 196 Å². The van der Waals surface area contributed by atoms with Gasteiger partial charge in [0.05, 0.1) is 22.7 Å². The van der Waals surface area contributed by atoms with E-state index in [2.05, 4.69) is 15.8 Å². The highest BCUT2D eigenvalue weighted by Gasteiger charge is 2.06. The largest absolute Gasteiger partial charge is 0.484 e. The van der Waals surface area contributed by atoms with Gasteiger partial charge in [-0.3, -0.25) is 9.59 Å². The molecule has 32 heavy (non-hydrogen) atoms. The molecule has 0 heterocycles. The number of amides is 2. The minimum Gasteiger partial charge on any atom is -0.484 e. The lowest BCUT2D eigenvalue weighted by atomic mass is 10.2. The normalized spacial score (nSPS) is 10.7. The molecule has 2 amide bonds. The second-order valence-electron chi connectivity index (χ2n) is 6.66. The molecule has 0 bridgehead atoms. The Balaban J connectivity index is 1.36. The SMILES string of the molecule is O=C(CSCc1ccccc1)N/N=C\c1ccc(OCC(=O)Nc2ccccc2Cl)cc1. The van der Waals surface area contributed by atoms with Crippen molar-refractivity contribution in [2.24, 2.45) is 5.10 Å². The standard InChI is InChI=1S/C24H22ClN3O3S/c25-21-8-4-5-9-22(21)27-23(29)15-31-20-12-10-18(11-13-20)14-26-28-24(30)17-32-16-19-6-2-1-3-7-19/h1-14H,15-17H2,(H,27,29)(H,28,30)/b26-14-. The van der Waals surface area contributed by atoms with E-state index in [0.717, 1.165) is 11.3 Å². The Morgan fingerprint density at radius 1 is 0.938 bits per heavy atom. The average Bonchev–Trinajstić information content (AvgIpc) is 2.81. The molecule has 0 aliphatic heterocycles. The van der Waals surface area contributed by atoms with E-state index in [4.69, 9.17) is 16.3 Å². The summed E-state index contributed by atoms with van der Waals surface area (Å²) < 4.78 is 5.49. The molecular formula is C24H22ClN3O3S. The van der Waals surface area contributed by atoms with E-state index in [1.165, 1.54) is 17.3 Å². The summed E-state index contributed by atoms with van der Waals surface area (Å²) in [7, 11) is 0. The molecule has 3 aromatic carbocycles. The summed E-state index contributed by atoms with van der Waals surface area (Å²) >= 11 is 7.55. The monoisotopic (exact) mass is 467 g/mol. The van der Waals surface area contributed by atoms with Gasteiger partial charge in [0.15, 0.2) is 6.61 Å². The van der Waals surface area contributed by atoms with Crippen molar-refractivity contribution in [3.05, 3.63) is 95.0 Å². The number of carbonyl (C=O) groups excluding carboxylic acids is 2. The summed E-state index contributed by atoms with van der Waals surface area (Å²) in [6.45, 7) is -0.143. The average molecular weight is 468 g/mol. The van der Waals surface area contributed by atoms with E-state index < -0.39 is 0 Å². The molecule has 0 unspecified atom stereocenters. The number of carbonyl (C=O) groups is 2. The molecule has 6 nitrogen and oxygen atoms in total. The zero-order valence-corrected chi connectivity index (χ0v) is 18.7. The summed E-state index contributed by atoms with van der Waals surface area (Å²) in [5.41, 5.74) is 5.02. The van der Waals surface area contributed by atoms with Gasteiger partial charge in [-0.25, -0.2) is 5.43 Å². The van der Waals surface area contributed by atoms with Crippen LogP contribution in [0.15, 0.2) is 84.0 Å². The first-order valence-electron chi connectivity index (χ1n) is 9.81. The number of ether oxygens (including phenoxy) is 1. The molecule has 3 rings (SSSR count). The van der Waals surface area contributed by atoms with Crippen molar-refractivity contribution < 1.29 is 14.3 Å². The first kappa shape index (κ1) is 23.4. The molecule has 0 spiro atoms. The van der Waals surface area contributed by atoms with Crippen molar-refractivity contribution in [2.45, 2.75) is 5.75 Å². The lowest BCUT2D eigenvalue weighted by Gasteiger charge is -2.08. The van der Waals surface area contributed by atoms with Crippen molar-refractivity contribution >= 4 is 47.1 Å². The highest BCUT2D eigenvalue weighted by molar-refractivity contribution is 7.99. The van der Waals surface area contributed by atoms with Gasteiger partial charge in [-0.05, 0) is 47.5 Å². The Morgan fingerprint density at radius 3 is 2.41 bits per heavy atom. The number of para-hydroxylation sites is 1. The maximum absolute atomic E-state index is 12.0. The van der Waals surface area contributed by atoms with Crippen LogP contribution in [0.25, 0.3) is 0 Å². The van der Waals surface area contributed by atoms with Crippen LogP contribution in [0.2, 0.25) is 5.02 Å². The molecule has 0 aliphatic rings. The van der Waals surface area contributed by atoms with Gasteiger partial charge in [0, 0.05) is 5.75 Å². The number of anilines is 1. The Bertz CT molecular complexity index is 1060. The molecule has 2 N–H and O–H groups in total. The molecule has 8 heteroatoms. The zero-order chi connectivity index (χ0) is 22.6. The quantitative estimate of drug-likeness (QED) is 0.333. The second kappa shape index (κ2) is 12.5. The third-order valence-corrected chi connectivity index (χ3v) is 5.48. The van der Waals surface area contributed by atoms with E-state index >= 15 is 0 Å². The predicted octanol–water partition coefficient (Wildman–Crippen LogP) is 4.74. The van der Waals surface area contributed by atoms with Crippen LogP contribution in [-0.2, 0) is 15.3 Å². The van der Waals surface area contributed by atoms with Gasteiger partial charge in [0.1, 0.15) is 5.75 Å². The van der Waals surface area contributed by atoms with E-state index in [9.17, 15) is 9.59 Å². The molecule has 0 saturated carbocycles. The van der Waals surface area contributed by atoms with Crippen LogP contribution in [-0.4, -0.2) is 30.4 Å². The van der Waals surface area contributed by atoms with Gasteiger partial charge >= 0.3 is 0 Å². The summed E-state index contributed by atoms with van der Waals surface area (Å²) in [4.78, 5) is 23.9. The number of rotatable bonds is 10. The fourth-order valence-electron chi connectivity index (χ4n) is 2.59. The number of hydrazone groups is 1. The summed E-state index contributed by atoms with van der Waals surface area (Å²) in [6, 6.07) is 24.0. The number of nitrogens with one attached hydrogen (secondary N) is 2. The van der Waals surface area contributed by atoms with Gasteiger partial charge < -0.3 is 10.1 Å². The highest BCUT2D eigenvalue weighted by atomic mass is 35.5. The third kappa shape index (κ3) is 8.09. The molecule has 0 radical (unpaired) electrons. The molecule has 0 fully saturated rings. The third-order valence-electron chi connectivity index (χ3n) is 4.15. The van der Waals surface area contributed by atoms with Crippen LogP contribution in [0.4, 0.5) is 5.69 Å². The summed E-state index contributed by atoms with van der Waals surface area (Å²) in [5, 5.41) is 7.13. The number of thioether (sulfide) groups is 1. The van der Waals surface area contributed by atoms with Crippen molar-refractivity contribution in [1.82, 2.24) is 5.43 Å². The molecule has 0 atom stereocenters. The topological polar surface area (TPSA) is 79.8 Å². The van der Waals surface area contributed by atoms with Crippen LogP contribution in [0.3, 0.4) is 0 Å².